The van der Waals surface area contributed by atoms with E-state index in [0.717, 1.165) is 17.9 Å². The maximum Gasteiger partial charge on any atom is 0.119 e. The lowest BCUT2D eigenvalue weighted by Crippen LogP contribution is -2.23. The molecular formula is C17H21NO2. The summed E-state index contributed by atoms with van der Waals surface area (Å²) in [4.78, 5) is 0. The molecule has 3 nitrogen and oxygen atoms in total. The molecule has 0 aliphatic heterocycles. The van der Waals surface area contributed by atoms with E-state index in [0.29, 0.717) is 19.1 Å². The Morgan fingerprint density at radius 3 is 2.20 bits per heavy atom. The van der Waals surface area contributed by atoms with Crippen LogP contribution in [0, 0.1) is 5.92 Å². The predicted molar refractivity (Wildman–Crippen MR) is 81.2 cm³/mol. The van der Waals surface area contributed by atoms with Gasteiger partial charge in [0.25, 0.3) is 0 Å². The van der Waals surface area contributed by atoms with Crippen molar-refractivity contribution in [1.29, 1.82) is 0 Å². The van der Waals surface area contributed by atoms with Gasteiger partial charge in [0, 0.05) is 5.92 Å². The Bertz CT molecular complexity index is 496. The fraction of sp³-hybridized carbons (Fsp3) is 0.294. The second-order valence-corrected chi connectivity index (χ2v) is 4.78. The van der Waals surface area contributed by atoms with Crippen LogP contribution in [0.1, 0.15) is 5.56 Å². The molecule has 0 aliphatic carbocycles. The van der Waals surface area contributed by atoms with Crippen molar-refractivity contribution in [2.24, 2.45) is 11.7 Å². The van der Waals surface area contributed by atoms with Gasteiger partial charge < -0.3 is 15.2 Å². The monoisotopic (exact) mass is 271 g/mol. The molecule has 0 aromatic heterocycles. The molecule has 0 radical (unpaired) electrons. The highest BCUT2D eigenvalue weighted by atomic mass is 16.5. The van der Waals surface area contributed by atoms with Gasteiger partial charge in [0.1, 0.15) is 11.5 Å². The topological polar surface area (TPSA) is 44.5 Å². The summed E-state index contributed by atoms with van der Waals surface area (Å²) in [7, 11) is 1.65. The van der Waals surface area contributed by atoms with Crippen LogP contribution in [0.5, 0.6) is 11.5 Å². The van der Waals surface area contributed by atoms with E-state index >= 15 is 0 Å². The summed E-state index contributed by atoms with van der Waals surface area (Å²) in [6.45, 7) is 1.24. The quantitative estimate of drug-likeness (QED) is 0.842. The van der Waals surface area contributed by atoms with Gasteiger partial charge in [-0.2, -0.15) is 0 Å². The lowest BCUT2D eigenvalue weighted by molar-refractivity contribution is 0.251. The molecule has 0 saturated carbocycles. The maximum absolute atomic E-state index is 5.83. The van der Waals surface area contributed by atoms with Crippen LogP contribution < -0.4 is 15.2 Å². The Hall–Kier alpha value is -2.00. The van der Waals surface area contributed by atoms with Crippen LogP contribution in [-0.2, 0) is 6.42 Å². The first-order valence-electron chi connectivity index (χ1n) is 6.82. The first-order chi connectivity index (χ1) is 9.81. The number of benzene rings is 2. The summed E-state index contributed by atoms with van der Waals surface area (Å²) in [6.07, 6.45) is 0.938. The molecule has 2 aromatic carbocycles. The zero-order valence-electron chi connectivity index (χ0n) is 11.8. The minimum Gasteiger partial charge on any atom is -0.497 e. The average molecular weight is 271 g/mol. The highest BCUT2D eigenvalue weighted by Gasteiger charge is 2.09. The van der Waals surface area contributed by atoms with E-state index in [2.05, 4.69) is 12.1 Å². The molecule has 0 spiro atoms. The molecule has 1 unspecified atom stereocenters. The first kappa shape index (κ1) is 14.4. The van der Waals surface area contributed by atoms with Gasteiger partial charge in [-0.3, -0.25) is 0 Å². The fourth-order valence-corrected chi connectivity index (χ4v) is 2.04. The van der Waals surface area contributed by atoms with E-state index < -0.39 is 0 Å². The molecule has 106 valence electrons. The molecule has 1 atom stereocenters. The van der Waals surface area contributed by atoms with Crippen LogP contribution in [0.15, 0.2) is 54.6 Å². The molecule has 2 rings (SSSR count). The van der Waals surface area contributed by atoms with E-state index in [-0.39, 0.29) is 0 Å². The number of hydrogen-bond acceptors (Lipinski definition) is 3. The van der Waals surface area contributed by atoms with Crippen molar-refractivity contribution in [3.8, 4) is 11.5 Å². The molecule has 0 amide bonds. The number of nitrogens with two attached hydrogens (primary N) is 1. The lowest BCUT2D eigenvalue weighted by Gasteiger charge is -2.16. The Morgan fingerprint density at radius 1 is 0.950 bits per heavy atom. The second-order valence-electron chi connectivity index (χ2n) is 4.78. The summed E-state index contributed by atoms with van der Waals surface area (Å²) in [5, 5.41) is 0. The fourth-order valence-electron chi connectivity index (χ4n) is 2.04. The highest BCUT2D eigenvalue weighted by Crippen LogP contribution is 2.18. The number of ether oxygens (including phenoxy) is 2. The van der Waals surface area contributed by atoms with Crippen molar-refractivity contribution in [3.05, 3.63) is 60.2 Å². The van der Waals surface area contributed by atoms with Crippen LogP contribution >= 0.6 is 0 Å². The van der Waals surface area contributed by atoms with Crippen LogP contribution in [-0.4, -0.2) is 20.3 Å². The Kier molecular flexibility index (Phi) is 5.44. The Morgan fingerprint density at radius 2 is 1.60 bits per heavy atom. The minimum absolute atomic E-state index is 0.319. The summed E-state index contributed by atoms with van der Waals surface area (Å²) in [5.74, 6) is 1.99. The molecular weight excluding hydrogens is 250 g/mol. The summed E-state index contributed by atoms with van der Waals surface area (Å²) < 4.78 is 10.9. The molecule has 0 bridgehead atoms. The largest absolute Gasteiger partial charge is 0.497 e. The van der Waals surface area contributed by atoms with Gasteiger partial charge in [-0.1, -0.05) is 30.3 Å². The molecule has 3 heteroatoms. The number of rotatable bonds is 7. The summed E-state index contributed by atoms with van der Waals surface area (Å²) in [6, 6.07) is 18.0. The van der Waals surface area contributed by atoms with Crippen molar-refractivity contribution >= 4 is 0 Å². The number of methoxy groups -OCH3 is 1. The normalized spacial score (nSPS) is 11.9. The van der Waals surface area contributed by atoms with Crippen molar-refractivity contribution in [3.63, 3.8) is 0 Å². The number of hydrogen-bond donors (Lipinski definition) is 1. The SMILES string of the molecule is COc1ccc(OCC(CN)Cc2ccccc2)cc1. The van der Waals surface area contributed by atoms with Crippen molar-refractivity contribution in [1.82, 2.24) is 0 Å². The van der Waals surface area contributed by atoms with E-state index in [1.54, 1.807) is 7.11 Å². The van der Waals surface area contributed by atoms with E-state index in [1.807, 2.05) is 42.5 Å². The van der Waals surface area contributed by atoms with Crippen LogP contribution in [0.2, 0.25) is 0 Å². The highest BCUT2D eigenvalue weighted by molar-refractivity contribution is 5.31. The standard InChI is InChI=1S/C17H21NO2/c1-19-16-7-9-17(10-8-16)20-13-15(12-18)11-14-5-3-2-4-6-14/h2-10,15H,11-13,18H2,1H3. The summed E-state index contributed by atoms with van der Waals surface area (Å²) >= 11 is 0. The third kappa shape index (κ3) is 4.28. The molecule has 0 aliphatic rings. The van der Waals surface area contributed by atoms with E-state index in [9.17, 15) is 0 Å². The predicted octanol–water partition coefficient (Wildman–Crippen LogP) is 2.89. The van der Waals surface area contributed by atoms with Crippen LogP contribution in [0.3, 0.4) is 0 Å². The molecule has 0 saturated heterocycles. The lowest BCUT2D eigenvalue weighted by atomic mass is 10.0. The Labute approximate surface area is 120 Å². The molecule has 20 heavy (non-hydrogen) atoms. The van der Waals surface area contributed by atoms with Crippen molar-refractivity contribution in [2.75, 3.05) is 20.3 Å². The van der Waals surface area contributed by atoms with Crippen LogP contribution in [0.25, 0.3) is 0 Å². The van der Waals surface area contributed by atoms with Gasteiger partial charge in [0.15, 0.2) is 0 Å². The smallest absolute Gasteiger partial charge is 0.119 e. The van der Waals surface area contributed by atoms with Gasteiger partial charge in [-0.25, -0.2) is 0 Å². The summed E-state index contributed by atoms with van der Waals surface area (Å²) in [5.41, 5.74) is 7.12. The third-order valence-corrected chi connectivity index (χ3v) is 3.25. The van der Waals surface area contributed by atoms with E-state index in [1.165, 1.54) is 5.56 Å². The van der Waals surface area contributed by atoms with E-state index in [4.69, 9.17) is 15.2 Å². The first-order valence-corrected chi connectivity index (χ1v) is 6.82. The molecule has 2 N–H and O–H groups in total. The van der Waals surface area contributed by atoms with Gasteiger partial charge in [0.2, 0.25) is 0 Å². The zero-order chi connectivity index (χ0) is 14.2. The average Bonchev–Trinajstić information content (AvgIpc) is 2.53. The second kappa shape index (κ2) is 7.56. The van der Waals surface area contributed by atoms with Crippen molar-refractivity contribution in [2.45, 2.75) is 6.42 Å². The van der Waals surface area contributed by atoms with Crippen molar-refractivity contribution < 1.29 is 9.47 Å². The maximum atomic E-state index is 5.83. The zero-order valence-corrected chi connectivity index (χ0v) is 11.8. The molecule has 0 fully saturated rings. The van der Waals surface area contributed by atoms with Crippen LogP contribution in [0.4, 0.5) is 0 Å². The molecule has 2 aromatic rings. The third-order valence-electron chi connectivity index (χ3n) is 3.25. The molecule has 0 heterocycles. The van der Waals surface area contributed by atoms with Gasteiger partial charge in [-0.05, 0) is 42.8 Å². The van der Waals surface area contributed by atoms with Gasteiger partial charge in [0.05, 0.1) is 13.7 Å². The van der Waals surface area contributed by atoms with Gasteiger partial charge in [-0.15, -0.1) is 0 Å². The Balaban J connectivity index is 1.86. The van der Waals surface area contributed by atoms with Gasteiger partial charge >= 0.3 is 0 Å². The minimum atomic E-state index is 0.319.